The Labute approximate surface area is 134 Å². The van der Waals surface area contributed by atoms with Crippen LogP contribution in [0.2, 0.25) is 0 Å². The van der Waals surface area contributed by atoms with Crippen molar-refractivity contribution in [2.45, 2.75) is 0 Å². The van der Waals surface area contributed by atoms with Gasteiger partial charge in [-0.25, -0.2) is 18.7 Å². The zero-order valence-corrected chi connectivity index (χ0v) is 12.1. The van der Waals surface area contributed by atoms with Crippen molar-refractivity contribution in [2.75, 3.05) is 5.73 Å². The number of nitrogens with two attached hydrogens (primary N) is 1. The molecule has 0 fully saturated rings. The van der Waals surface area contributed by atoms with Crippen LogP contribution in [0, 0.1) is 11.6 Å². The van der Waals surface area contributed by atoms with Crippen molar-refractivity contribution < 1.29 is 13.2 Å². The number of anilines is 1. The molecule has 0 spiro atoms. The van der Waals surface area contributed by atoms with Gasteiger partial charge in [0.2, 0.25) is 5.89 Å². The Morgan fingerprint density at radius 3 is 2.29 bits per heavy atom. The summed E-state index contributed by atoms with van der Waals surface area (Å²) in [6.45, 7) is 0. The van der Waals surface area contributed by atoms with Crippen LogP contribution in [-0.2, 0) is 0 Å². The SMILES string of the molecule is Nc1nc2ccccc2nc1-c1nnc(-c2ccc(F)c(F)c2)o1. The summed E-state index contributed by atoms with van der Waals surface area (Å²) in [5.41, 5.74) is 7.64. The van der Waals surface area contributed by atoms with E-state index in [-0.39, 0.29) is 28.9 Å². The van der Waals surface area contributed by atoms with Gasteiger partial charge >= 0.3 is 0 Å². The lowest BCUT2D eigenvalue weighted by Crippen LogP contribution is -1.98. The molecule has 2 aromatic heterocycles. The largest absolute Gasteiger partial charge is 0.414 e. The van der Waals surface area contributed by atoms with E-state index in [2.05, 4.69) is 20.2 Å². The van der Waals surface area contributed by atoms with Crippen LogP contribution in [0.3, 0.4) is 0 Å². The summed E-state index contributed by atoms with van der Waals surface area (Å²) in [7, 11) is 0. The molecule has 0 saturated carbocycles. The van der Waals surface area contributed by atoms with Crippen LogP contribution in [0.4, 0.5) is 14.6 Å². The van der Waals surface area contributed by atoms with E-state index >= 15 is 0 Å². The van der Waals surface area contributed by atoms with Crippen molar-refractivity contribution in [2.24, 2.45) is 0 Å². The summed E-state index contributed by atoms with van der Waals surface area (Å²) in [6.07, 6.45) is 0. The Balaban J connectivity index is 1.79. The second kappa shape index (κ2) is 5.34. The van der Waals surface area contributed by atoms with E-state index in [1.165, 1.54) is 6.07 Å². The average Bonchev–Trinajstić information content (AvgIpc) is 3.06. The molecule has 2 heterocycles. The first-order valence-corrected chi connectivity index (χ1v) is 6.93. The van der Waals surface area contributed by atoms with E-state index < -0.39 is 11.6 Å². The lowest BCUT2D eigenvalue weighted by atomic mass is 10.2. The van der Waals surface area contributed by atoms with E-state index in [0.29, 0.717) is 11.0 Å². The van der Waals surface area contributed by atoms with E-state index in [1.807, 2.05) is 12.1 Å². The van der Waals surface area contributed by atoms with Crippen molar-refractivity contribution in [1.82, 2.24) is 20.2 Å². The average molecular weight is 325 g/mol. The predicted molar refractivity (Wildman–Crippen MR) is 82.6 cm³/mol. The molecule has 0 saturated heterocycles. The van der Waals surface area contributed by atoms with Gasteiger partial charge in [-0.15, -0.1) is 10.2 Å². The molecule has 8 heteroatoms. The molecule has 0 amide bonds. The maximum absolute atomic E-state index is 13.3. The van der Waals surface area contributed by atoms with Gasteiger partial charge in [-0.2, -0.15) is 0 Å². The Hall–Kier alpha value is -3.42. The first kappa shape index (κ1) is 14.2. The minimum absolute atomic E-state index is 0.0262. The van der Waals surface area contributed by atoms with Crippen molar-refractivity contribution in [1.29, 1.82) is 0 Å². The van der Waals surface area contributed by atoms with E-state index in [1.54, 1.807) is 12.1 Å². The first-order valence-electron chi connectivity index (χ1n) is 6.93. The maximum atomic E-state index is 13.3. The van der Waals surface area contributed by atoms with Gasteiger partial charge < -0.3 is 10.2 Å². The second-order valence-electron chi connectivity index (χ2n) is 4.99. The molecule has 0 radical (unpaired) electrons. The van der Waals surface area contributed by atoms with Gasteiger partial charge in [0.15, 0.2) is 23.1 Å². The Morgan fingerprint density at radius 2 is 1.54 bits per heavy atom. The minimum atomic E-state index is -1.00. The van der Waals surface area contributed by atoms with Crippen molar-refractivity contribution in [3.8, 4) is 23.0 Å². The van der Waals surface area contributed by atoms with Crippen molar-refractivity contribution in [3.05, 3.63) is 54.1 Å². The highest BCUT2D eigenvalue weighted by Crippen LogP contribution is 2.27. The number of halogens is 2. The summed E-state index contributed by atoms with van der Waals surface area (Å²) in [4.78, 5) is 8.60. The van der Waals surface area contributed by atoms with Gasteiger partial charge in [-0.1, -0.05) is 12.1 Å². The van der Waals surface area contributed by atoms with Gasteiger partial charge in [0.25, 0.3) is 5.89 Å². The van der Waals surface area contributed by atoms with Crippen molar-refractivity contribution in [3.63, 3.8) is 0 Å². The molecule has 2 N–H and O–H groups in total. The molecule has 0 aliphatic heterocycles. The van der Waals surface area contributed by atoms with E-state index in [0.717, 1.165) is 12.1 Å². The van der Waals surface area contributed by atoms with Crippen LogP contribution in [0.1, 0.15) is 0 Å². The lowest BCUT2D eigenvalue weighted by molar-refractivity contribution is 0.508. The highest BCUT2D eigenvalue weighted by molar-refractivity contribution is 5.80. The molecule has 0 aliphatic rings. The van der Waals surface area contributed by atoms with Gasteiger partial charge in [-0.3, -0.25) is 0 Å². The van der Waals surface area contributed by atoms with Crippen LogP contribution in [0.5, 0.6) is 0 Å². The normalized spacial score (nSPS) is 11.1. The topological polar surface area (TPSA) is 90.7 Å². The van der Waals surface area contributed by atoms with E-state index in [4.69, 9.17) is 10.2 Å². The number of para-hydroxylation sites is 2. The molecule has 0 aliphatic carbocycles. The number of nitrogen functional groups attached to an aromatic ring is 1. The van der Waals surface area contributed by atoms with Gasteiger partial charge in [0.05, 0.1) is 11.0 Å². The molecule has 0 bridgehead atoms. The fourth-order valence-corrected chi connectivity index (χ4v) is 2.24. The molecule has 2 aromatic carbocycles. The molecule has 6 nitrogen and oxygen atoms in total. The molecule has 4 aromatic rings. The summed E-state index contributed by atoms with van der Waals surface area (Å²) < 4.78 is 31.8. The molecular formula is C16H9F2N5O. The smallest absolute Gasteiger partial charge is 0.270 e. The lowest BCUT2D eigenvalue weighted by Gasteiger charge is -2.02. The minimum Gasteiger partial charge on any atom is -0.414 e. The molecule has 0 unspecified atom stereocenters. The Morgan fingerprint density at radius 1 is 0.833 bits per heavy atom. The molecular weight excluding hydrogens is 316 g/mol. The molecule has 24 heavy (non-hydrogen) atoms. The Kier molecular flexibility index (Phi) is 3.16. The van der Waals surface area contributed by atoms with Crippen LogP contribution < -0.4 is 5.73 Å². The molecule has 118 valence electrons. The third-order valence-electron chi connectivity index (χ3n) is 3.39. The standard InChI is InChI=1S/C16H9F2N5O/c17-9-6-5-8(7-10(9)18)15-22-23-16(24-15)13-14(19)21-12-4-2-1-3-11(12)20-13/h1-7H,(H2,19,21). The second-order valence-corrected chi connectivity index (χ2v) is 4.99. The third-order valence-corrected chi connectivity index (χ3v) is 3.39. The quantitative estimate of drug-likeness (QED) is 0.608. The predicted octanol–water partition coefficient (Wildman–Crippen LogP) is 3.21. The fourth-order valence-electron chi connectivity index (χ4n) is 2.24. The fraction of sp³-hybridized carbons (Fsp3) is 0. The van der Waals surface area contributed by atoms with Crippen molar-refractivity contribution >= 4 is 16.9 Å². The number of aromatic nitrogens is 4. The summed E-state index contributed by atoms with van der Waals surface area (Å²) in [6, 6.07) is 10.5. The first-order chi connectivity index (χ1) is 11.6. The number of hydrogen-bond acceptors (Lipinski definition) is 6. The van der Waals surface area contributed by atoms with Crippen LogP contribution >= 0.6 is 0 Å². The number of benzene rings is 2. The monoisotopic (exact) mass is 325 g/mol. The number of rotatable bonds is 2. The summed E-state index contributed by atoms with van der Waals surface area (Å²) in [5.74, 6) is -1.75. The highest BCUT2D eigenvalue weighted by atomic mass is 19.2. The van der Waals surface area contributed by atoms with Crippen LogP contribution in [0.15, 0.2) is 46.9 Å². The highest BCUT2D eigenvalue weighted by Gasteiger charge is 2.17. The van der Waals surface area contributed by atoms with Crippen LogP contribution in [0.25, 0.3) is 34.1 Å². The zero-order chi connectivity index (χ0) is 16.7. The summed E-state index contributed by atoms with van der Waals surface area (Å²) in [5, 5.41) is 7.69. The Bertz CT molecular complexity index is 1060. The molecule has 4 rings (SSSR count). The maximum Gasteiger partial charge on any atom is 0.270 e. The van der Waals surface area contributed by atoms with Gasteiger partial charge in [0, 0.05) is 5.56 Å². The molecule has 0 atom stereocenters. The number of fused-ring (bicyclic) bond motifs is 1. The van der Waals surface area contributed by atoms with Gasteiger partial charge in [-0.05, 0) is 30.3 Å². The van der Waals surface area contributed by atoms with Gasteiger partial charge in [0.1, 0.15) is 0 Å². The van der Waals surface area contributed by atoms with E-state index in [9.17, 15) is 8.78 Å². The number of nitrogens with zero attached hydrogens (tertiary/aromatic N) is 4. The third kappa shape index (κ3) is 2.34. The summed E-state index contributed by atoms with van der Waals surface area (Å²) >= 11 is 0. The zero-order valence-electron chi connectivity index (χ0n) is 12.1. The van der Waals surface area contributed by atoms with Crippen LogP contribution in [-0.4, -0.2) is 20.2 Å². The number of hydrogen-bond donors (Lipinski definition) is 1.